The molecule has 0 aliphatic rings. The second-order valence-electron chi connectivity index (χ2n) is 4.87. The van der Waals surface area contributed by atoms with Crippen molar-refractivity contribution in [2.45, 2.75) is 26.3 Å². The second-order valence-corrected chi connectivity index (χ2v) is 4.87. The Hall–Kier alpha value is -2.28. The van der Waals surface area contributed by atoms with Crippen molar-refractivity contribution >= 4 is 22.1 Å². The standard InChI is InChI=1S/C15H18N4/c1-10-8-12-13(9-18-10)14(17)4-5-15(12)19(3)11(2)6-7-16/h4-5,8-9,11H,6,17H2,1-3H3. The Morgan fingerprint density at radius 1 is 1.42 bits per heavy atom. The minimum absolute atomic E-state index is 0.158. The Bertz CT molecular complexity index is 642. The lowest BCUT2D eigenvalue weighted by molar-refractivity contribution is 0.705. The summed E-state index contributed by atoms with van der Waals surface area (Å²) in [5, 5.41) is 10.9. The van der Waals surface area contributed by atoms with E-state index in [9.17, 15) is 0 Å². The van der Waals surface area contributed by atoms with Gasteiger partial charge in [0.1, 0.15) is 0 Å². The Morgan fingerprint density at radius 2 is 2.16 bits per heavy atom. The van der Waals surface area contributed by atoms with Crippen molar-refractivity contribution < 1.29 is 0 Å². The van der Waals surface area contributed by atoms with Crippen LogP contribution in [0.1, 0.15) is 19.0 Å². The zero-order chi connectivity index (χ0) is 14.0. The van der Waals surface area contributed by atoms with Crippen molar-refractivity contribution in [2.75, 3.05) is 17.7 Å². The molecule has 1 aromatic heterocycles. The number of fused-ring (bicyclic) bond motifs is 1. The van der Waals surface area contributed by atoms with Crippen molar-refractivity contribution in [1.82, 2.24) is 4.98 Å². The van der Waals surface area contributed by atoms with Crippen LogP contribution in [-0.2, 0) is 0 Å². The molecule has 98 valence electrons. The molecule has 0 bridgehead atoms. The summed E-state index contributed by atoms with van der Waals surface area (Å²) in [5.74, 6) is 0. The summed E-state index contributed by atoms with van der Waals surface area (Å²) in [6.07, 6.45) is 2.30. The first kappa shape index (κ1) is 13.2. The molecule has 0 aliphatic heterocycles. The number of nitrogens with zero attached hydrogens (tertiary/aromatic N) is 3. The summed E-state index contributed by atoms with van der Waals surface area (Å²) in [7, 11) is 2.00. The number of benzene rings is 1. The van der Waals surface area contributed by atoms with Gasteiger partial charge in [-0.2, -0.15) is 5.26 Å². The molecule has 1 unspecified atom stereocenters. The average Bonchev–Trinajstić information content (AvgIpc) is 2.38. The summed E-state index contributed by atoms with van der Waals surface area (Å²) in [6, 6.07) is 8.30. The highest BCUT2D eigenvalue weighted by Crippen LogP contribution is 2.31. The summed E-state index contributed by atoms with van der Waals surface area (Å²) in [4.78, 5) is 6.41. The smallest absolute Gasteiger partial charge is 0.0643 e. The number of hydrogen-bond acceptors (Lipinski definition) is 4. The van der Waals surface area contributed by atoms with Crippen molar-refractivity contribution in [3.63, 3.8) is 0 Å². The fourth-order valence-corrected chi connectivity index (χ4v) is 2.16. The van der Waals surface area contributed by atoms with Crippen LogP contribution in [0.2, 0.25) is 0 Å². The summed E-state index contributed by atoms with van der Waals surface area (Å²) in [6.45, 7) is 4.00. The number of nitrogen functional groups attached to an aromatic ring is 1. The van der Waals surface area contributed by atoms with Gasteiger partial charge in [-0.1, -0.05) is 0 Å². The van der Waals surface area contributed by atoms with Gasteiger partial charge in [0.2, 0.25) is 0 Å². The van der Waals surface area contributed by atoms with Crippen LogP contribution < -0.4 is 10.6 Å². The van der Waals surface area contributed by atoms with E-state index in [0.29, 0.717) is 6.42 Å². The summed E-state index contributed by atoms with van der Waals surface area (Å²) >= 11 is 0. The van der Waals surface area contributed by atoms with Crippen molar-refractivity contribution in [3.05, 3.63) is 30.1 Å². The highest BCUT2D eigenvalue weighted by molar-refractivity contribution is 6.01. The maximum atomic E-state index is 8.83. The van der Waals surface area contributed by atoms with E-state index in [1.807, 2.05) is 45.3 Å². The molecule has 1 heterocycles. The monoisotopic (exact) mass is 254 g/mol. The van der Waals surface area contributed by atoms with Gasteiger partial charge >= 0.3 is 0 Å². The molecule has 4 nitrogen and oxygen atoms in total. The first-order valence-corrected chi connectivity index (χ1v) is 6.29. The Morgan fingerprint density at radius 3 is 2.84 bits per heavy atom. The van der Waals surface area contributed by atoms with E-state index < -0.39 is 0 Å². The van der Waals surface area contributed by atoms with Gasteiger partial charge in [0, 0.05) is 47.1 Å². The quantitative estimate of drug-likeness (QED) is 0.855. The summed E-state index contributed by atoms with van der Waals surface area (Å²) < 4.78 is 0. The predicted octanol–water partition coefficient (Wildman–Crippen LogP) is 2.86. The van der Waals surface area contributed by atoms with E-state index in [4.69, 9.17) is 11.0 Å². The number of nitriles is 1. The van der Waals surface area contributed by atoms with Crippen molar-refractivity contribution in [3.8, 4) is 6.07 Å². The van der Waals surface area contributed by atoms with E-state index in [1.54, 1.807) is 0 Å². The molecule has 0 fully saturated rings. The lowest BCUT2D eigenvalue weighted by Gasteiger charge is -2.27. The first-order chi connectivity index (χ1) is 9.04. The number of rotatable bonds is 3. The van der Waals surface area contributed by atoms with Gasteiger partial charge in [0.25, 0.3) is 0 Å². The second kappa shape index (κ2) is 5.15. The van der Waals surface area contributed by atoms with Crippen LogP contribution in [0.5, 0.6) is 0 Å². The third-order valence-corrected chi connectivity index (χ3v) is 3.48. The third-order valence-electron chi connectivity index (χ3n) is 3.48. The van der Waals surface area contributed by atoms with Gasteiger partial charge in [0.15, 0.2) is 0 Å². The third kappa shape index (κ3) is 2.45. The average molecular weight is 254 g/mol. The first-order valence-electron chi connectivity index (χ1n) is 6.29. The molecule has 0 saturated heterocycles. The van der Waals surface area contributed by atoms with Crippen LogP contribution in [0, 0.1) is 18.3 Å². The molecular weight excluding hydrogens is 236 g/mol. The minimum Gasteiger partial charge on any atom is -0.398 e. The maximum Gasteiger partial charge on any atom is 0.0643 e. The van der Waals surface area contributed by atoms with Gasteiger partial charge in [-0.15, -0.1) is 0 Å². The molecule has 0 saturated carbocycles. The molecule has 4 heteroatoms. The highest BCUT2D eigenvalue weighted by Gasteiger charge is 2.13. The van der Waals surface area contributed by atoms with Crippen LogP contribution in [-0.4, -0.2) is 18.1 Å². The van der Waals surface area contributed by atoms with E-state index in [-0.39, 0.29) is 6.04 Å². The fourth-order valence-electron chi connectivity index (χ4n) is 2.16. The van der Waals surface area contributed by atoms with Crippen LogP contribution >= 0.6 is 0 Å². The van der Waals surface area contributed by atoms with Gasteiger partial charge < -0.3 is 10.6 Å². The molecule has 0 radical (unpaired) electrons. The van der Waals surface area contributed by atoms with Crippen LogP contribution in [0.4, 0.5) is 11.4 Å². The van der Waals surface area contributed by atoms with Crippen LogP contribution in [0.3, 0.4) is 0 Å². The lowest BCUT2D eigenvalue weighted by Crippen LogP contribution is -2.28. The Kier molecular flexibility index (Phi) is 3.57. The molecule has 1 aromatic carbocycles. The van der Waals surface area contributed by atoms with Crippen LogP contribution in [0.15, 0.2) is 24.4 Å². The topological polar surface area (TPSA) is 65.9 Å². The number of nitrogens with two attached hydrogens (primary N) is 1. The Labute approximate surface area is 113 Å². The molecule has 2 rings (SSSR count). The molecule has 0 aliphatic carbocycles. The molecule has 0 spiro atoms. The van der Waals surface area contributed by atoms with Gasteiger partial charge in [0.05, 0.1) is 12.5 Å². The largest absolute Gasteiger partial charge is 0.398 e. The number of pyridine rings is 1. The highest BCUT2D eigenvalue weighted by atomic mass is 15.1. The zero-order valence-corrected chi connectivity index (χ0v) is 11.5. The van der Waals surface area contributed by atoms with Gasteiger partial charge in [-0.25, -0.2) is 0 Å². The lowest BCUT2D eigenvalue weighted by atomic mass is 10.1. The summed E-state index contributed by atoms with van der Waals surface area (Å²) in [5.41, 5.74) is 8.77. The molecule has 0 amide bonds. The minimum atomic E-state index is 0.158. The number of hydrogen-bond donors (Lipinski definition) is 1. The van der Waals surface area contributed by atoms with E-state index in [1.165, 1.54) is 0 Å². The van der Waals surface area contributed by atoms with Gasteiger partial charge in [-0.05, 0) is 32.0 Å². The maximum absolute atomic E-state index is 8.83. The molecule has 19 heavy (non-hydrogen) atoms. The zero-order valence-electron chi connectivity index (χ0n) is 11.5. The normalized spacial score (nSPS) is 12.1. The number of aromatic nitrogens is 1. The van der Waals surface area contributed by atoms with E-state index in [0.717, 1.165) is 27.8 Å². The number of anilines is 2. The Balaban J connectivity index is 2.58. The SMILES string of the molecule is Cc1cc2c(N(C)C(C)CC#N)ccc(N)c2cn1. The van der Waals surface area contributed by atoms with Crippen LogP contribution in [0.25, 0.3) is 10.8 Å². The molecule has 2 N–H and O–H groups in total. The fraction of sp³-hybridized carbons (Fsp3) is 0.333. The molecular formula is C15H18N4. The molecule has 1 atom stereocenters. The van der Waals surface area contributed by atoms with E-state index >= 15 is 0 Å². The number of aryl methyl sites for hydroxylation is 1. The van der Waals surface area contributed by atoms with E-state index in [2.05, 4.69) is 16.0 Å². The predicted molar refractivity (Wildman–Crippen MR) is 79.0 cm³/mol. The van der Waals surface area contributed by atoms with Gasteiger partial charge in [-0.3, -0.25) is 4.98 Å². The molecule has 2 aromatic rings. The van der Waals surface area contributed by atoms with Crippen molar-refractivity contribution in [2.24, 2.45) is 0 Å². The van der Waals surface area contributed by atoms with Crippen molar-refractivity contribution in [1.29, 1.82) is 5.26 Å².